The molecular weight excluding hydrogens is 205 g/mol. The minimum atomic E-state index is -0.505. The topological polar surface area (TPSA) is 59.4 Å². The molecule has 0 atom stereocenters. The number of nitrogens with one attached hydrogen (secondary N) is 1. The Kier molecular flexibility index (Phi) is 2.08. The van der Waals surface area contributed by atoms with Crippen LogP contribution < -0.4 is 0 Å². The molecule has 2 heterocycles. The Labute approximate surface area is 83.6 Å². The first-order valence-electron chi connectivity index (χ1n) is 3.77. The number of hydrogen-bond acceptors (Lipinski definition) is 4. The van der Waals surface area contributed by atoms with Crippen molar-refractivity contribution < 1.29 is 4.39 Å². The van der Waals surface area contributed by atoms with Gasteiger partial charge in [-0.2, -0.15) is 5.10 Å². The first kappa shape index (κ1) is 8.95. The molecule has 0 saturated carbocycles. The van der Waals surface area contributed by atoms with Crippen LogP contribution in [0.25, 0.3) is 11.5 Å². The van der Waals surface area contributed by atoms with Crippen molar-refractivity contribution in [2.45, 2.75) is 0 Å². The van der Waals surface area contributed by atoms with Crippen LogP contribution >= 0.6 is 12.2 Å². The highest BCUT2D eigenvalue weighted by molar-refractivity contribution is 7.71. The van der Waals surface area contributed by atoms with Crippen molar-refractivity contribution in [1.82, 2.24) is 24.7 Å². The summed E-state index contributed by atoms with van der Waals surface area (Å²) >= 11 is 4.79. The minimum absolute atomic E-state index is 0.199. The van der Waals surface area contributed by atoms with Gasteiger partial charge in [0.2, 0.25) is 0 Å². The van der Waals surface area contributed by atoms with Crippen LogP contribution in [0.2, 0.25) is 0 Å². The Balaban J connectivity index is 2.68. The number of hydrogen-bond donors (Lipinski definition) is 1. The summed E-state index contributed by atoms with van der Waals surface area (Å²) in [5.41, 5.74) is 0.199. The first-order valence-corrected chi connectivity index (χ1v) is 4.18. The number of nitrogens with zero attached hydrogens (tertiary/aromatic N) is 4. The Hall–Kier alpha value is -1.63. The lowest BCUT2D eigenvalue weighted by molar-refractivity contribution is 0.612. The van der Waals surface area contributed by atoms with Crippen molar-refractivity contribution in [3.8, 4) is 11.5 Å². The molecule has 0 saturated heterocycles. The van der Waals surface area contributed by atoms with Crippen LogP contribution in [0.5, 0.6) is 0 Å². The molecule has 2 rings (SSSR count). The van der Waals surface area contributed by atoms with Gasteiger partial charge in [-0.25, -0.2) is 19.0 Å². The van der Waals surface area contributed by atoms with E-state index in [0.717, 1.165) is 6.20 Å². The van der Waals surface area contributed by atoms with Crippen LogP contribution in [0.15, 0.2) is 12.5 Å². The van der Waals surface area contributed by atoms with Crippen molar-refractivity contribution in [1.29, 1.82) is 0 Å². The lowest BCUT2D eigenvalue weighted by atomic mass is 10.4. The lowest BCUT2D eigenvalue weighted by Crippen LogP contribution is -2.00. The van der Waals surface area contributed by atoms with Crippen molar-refractivity contribution in [3.05, 3.63) is 23.1 Å². The fourth-order valence-electron chi connectivity index (χ4n) is 1.06. The van der Waals surface area contributed by atoms with E-state index >= 15 is 0 Å². The Morgan fingerprint density at radius 3 is 2.93 bits per heavy atom. The lowest BCUT2D eigenvalue weighted by Gasteiger charge is -2.00. The maximum absolute atomic E-state index is 13.3. The molecule has 0 amide bonds. The quantitative estimate of drug-likeness (QED) is 0.717. The van der Waals surface area contributed by atoms with E-state index < -0.39 is 5.82 Å². The number of H-pyrrole nitrogens is 1. The smallest absolute Gasteiger partial charge is 0.197 e. The normalized spacial score (nSPS) is 10.4. The molecule has 2 aromatic heterocycles. The van der Waals surface area contributed by atoms with Crippen molar-refractivity contribution in [3.63, 3.8) is 0 Å². The van der Waals surface area contributed by atoms with Crippen LogP contribution in [-0.4, -0.2) is 24.7 Å². The largest absolute Gasteiger partial charge is 0.325 e. The number of rotatable bonds is 1. The second-order valence-electron chi connectivity index (χ2n) is 2.62. The van der Waals surface area contributed by atoms with Gasteiger partial charge in [0.25, 0.3) is 0 Å². The number of halogens is 1. The third-order valence-electron chi connectivity index (χ3n) is 1.70. The summed E-state index contributed by atoms with van der Waals surface area (Å²) < 4.78 is 15.0. The highest BCUT2D eigenvalue weighted by Crippen LogP contribution is 2.15. The van der Waals surface area contributed by atoms with Gasteiger partial charge in [-0.3, -0.25) is 0 Å². The molecular formula is C7H6FN5S. The van der Waals surface area contributed by atoms with Crippen LogP contribution in [0.3, 0.4) is 0 Å². The Bertz CT molecular complexity index is 517. The average molecular weight is 211 g/mol. The number of aromatic amines is 1. The number of aromatic nitrogens is 5. The van der Waals surface area contributed by atoms with Gasteiger partial charge in [-0.1, -0.05) is 0 Å². The van der Waals surface area contributed by atoms with Crippen LogP contribution in [-0.2, 0) is 7.05 Å². The second-order valence-corrected chi connectivity index (χ2v) is 3.01. The molecule has 5 nitrogen and oxygen atoms in total. The molecule has 72 valence electrons. The van der Waals surface area contributed by atoms with E-state index in [9.17, 15) is 4.39 Å². The molecule has 14 heavy (non-hydrogen) atoms. The fraction of sp³-hybridized carbons (Fsp3) is 0.143. The molecule has 0 radical (unpaired) electrons. The third-order valence-corrected chi connectivity index (χ3v) is 1.91. The summed E-state index contributed by atoms with van der Waals surface area (Å²) in [5.74, 6) is -0.120. The van der Waals surface area contributed by atoms with Gasteiger partial charge in [0, 0.05) is 7.05 Å². The van der Waals surface area contributed by atoms with E-state index in [2.05, 4.69) is 20.1 Å². The van der Waals surface area contributed by atoms with E-state index in [-0.39, 0.29) is 10.5 Å². The van der Waals surface area contributed by atoms with Crippen LogP contribution in [0.1, 0.15) is 0 Å². The summed E-state index contributed by atoms with van der Waals surface area (Å²) in [6.45, 7) is 0. The van der Waals surface area contributed by atoms with Gasteiger partial charge in [0.1, 0.15) is 12.0 Å². The molecule has 0 aliphatic rings. The van der Waals surface area contributed by atoms with Gasteiger partial charge in [-0.05, 0) is 12.2 Å². The van der Waals surface area contributed by atoms with Gasteiger partial charge < -0.3 is 4.98 Å². The first-order chi connectivity index (χ1) is 6.68. The molecule has 0 aromatic carbocycles. The summed E-state index contributed by atoms with van der Waals surface area (Å²) in [6.07, 6.45) is 2.40. The zero-order chi connectivity index (χ0) is 10.1. The number of aryl methyl sites for hydroxylation is 1. The molecule has 0 bridgehead atoms. The highest BCUT2D eigenvalue weighted by atomic mass is 32.1. The van der Waals surface area contributed by atoms with Crippen LogP contribution in [0, 0.1) is 10.6 Å². The summed E-state index contributed by atoms with van der Waals surface area (Å²) in [5, 5.41) is 3.83. The zero-order valence-corrected chi connectivity index (χ0v) is 8.05. The summed E-state index contributed by atoms with van der Waals surface area (Å²) in [4.78, 5) is 10.1. The average Bonchev–Trinajstić information content (AvgIpc) is 2.56. The van der Waals surface area contributed by atoms with Gasteiger partial charge in [-0.15, -0.1) is 0 Å². The van der Waals surface area contributed by atoms with E-state index in [1.54, 1.807) is 7.05 Å². The highest BCUT2D eigenvalue weighted by Gasteiger charge is 2.10. The third kappa shape index (κ3) is 1.41. The minimum Gasteiger partial charge on any atom is -0.325 e. The maximum Gasteiger partial charge on any atom is 0.197 e. The van der Waals surface area contributed by atoms with E-state index in [1.165, 1.54) is 11.0 Å². The molecule has 0 aliphatic heterocycles. The predicted octanol–water partition coefficient (Wildman–Crippen LogP) is 1.07. The molecule has 0 aliphatic carbocycles. The Morgan fingerprint density at radius 1 is 1.50 bits per heavy atom. The molecule has 2 aromatic rings. The fourth-order valence-corrected chi connectivity index (χ4v) is 1.22. The van der Waals surface area contributed by atoms with Gasteiger partial charge >= 0.3 is 0 Å². The predicted molar refractivity (Wildman–Crippen MR) is 49.4 cm³/mol. The van der Waals surface area contributed by atoms with E-state index in [1.807, 2.05) is 0 Å². The molecule has 0 unspecified atom stereocenters. The Morgan fingerprint density at radius 2 is 2.29 bits per heavy atom. The van der Waals surface area contributed by atoms with Crippen molar-refractivity contribution >= 4 is 12.2 Å². The second kappa shape index (κ2) is 3.26. The molecule has 0 fully saturated rings. The van der Waals surface area contributed by atoms with Crippen LogP contribution in [0.4, 0.5) is 4.39 Å². The molecule has 1 N–H and O–H groups in total. The maximum atomic E-state index is 13.3. The van der Waals surface area contributed by atoms with E-state index in [0.29, 0.717) is 5.82 Å². The van der Waals surface area contributed by atoms with Crippen molar-refractivity contribution in [2.75, 3.05) is 0 Å². The van der Waals surface area contributed by atoms with Gasteiger partial charge in [0.15, 0.2) is 16.4 Å². The monoisotopic (exact) mass is 211 g/mol. The SMILES string of the molecule is Cn1ncnc1-c1[nH]c(=S)ncc1F. The standard InChI is InChI=1S/C7H6FN5S/c1-13-6(10-3-11-13)5-4(8)2-9-7(14)12-5/h2-3H,1H3,(H,9,12,14). The zero-order valence-electron chi connectivity index (χ0n) is 7.23. The van der Waals surface area contributed by atoms with Gasteiger partial charge in [0.05, 0.1) is 6.20 Å². The molecule has 0 spiro atoms. The molecule has 7 heteroatoms. The van der Waals surface area contributed by atoms with Crippen molar-refractivity contribution in [2.24, 2.45) is 7.05 Å². The van der Waals surface area contributed by atoms with E-state index in [4.69, 9.17) is 12.2 Å². The summed E-state index contributed by atoms with van der Waals surface area (Å²) in [6, 6.07) is 0. The summed E-state index contributed by atoms with van der Waals surface area (Å²) in [7, 11) is 1.67.